The van der Waals surface area contributed by atoms with Crippen molar-refractivity contribution in [2.24, 2.45) is 0 Å². The van der Waals surface area contributed by atoms with Gasteiger partial charge in [0, 0.05) is 5.56 Å². The number of hydrogen-bond acceptors (Lipinski definition) is 3. The zero-order valence-corrected chi connectivity index (χ0v) is 13.0. The van der Waals surface area contributed by atoms with Crippen molar-refractivity contribution >= 4 is 10.9 Å². The SMILES string of the molecule is O=c1oc(-c2ccc(Cc3ccccc3)cc2)nc2ccccc12. The fraction of sp³-hybridized carbons (Fsp3) is 0.0476. The third kappa shape index (κ3) is 2.84. The molecule has 0 atom stereocenters. The van der Waals surface area contributed by atoms with Gasteiger partial charge in [0.15, 0.2) is 0 Å². The molecule has 3 heteroatoms. The summed E-state index contributed by atoms with van der Waals surface area (Å²) < 4.78 is 5.37. The van der Waals surface area contributed by atoms with E-state index in [2.05, 4.69) is 17.1 Å². The summed E-state index contributed by atoms with van der Waals surface area (Å²) in [6, 6.07) is 25.5. The maximum Gasteiger partial charge on any atom is 0.347 e. The Kier molecular flexibility index (Phi) is 3.67. The Morgan fingerprint density at radius 3 is 2.21 bits per heavy atom. The molecule has 1 heterocycles. The summed E-state index contributed by atoms with van der Waals surface area (Å²) in [5.74, 6) is 0.352. The van der Waals surface area contributed by atoms with Gasteiger partial charge >= 0.3 is 5.63 Å². The number of nitrogens with zero attached hydrogens (tertiary/aromatic N) is 1. The third-order valence-corrected chi connectivity index (χ3v) is 3.99. The Hall–Kier alpha value is -3.20. The lowest BCUT2D eigenvalue weighted by Gasteiger charge is -2.04. The van der Waals surface area contributed by atoms with Crippen LogP contribution in [0.5, 0.6) is 0 Å². The van der Waals surface area contributed by atoms with Gasteiger partial charge in [0.1, 0.15) is 0 Å². The number of rotatable bonds is 3. The first-order valence-corrected chi connectivity index (χ1v) is 7.83. The van der Waals surface area contributed by atoms with E-state index in [1.165, 1.54) is 11.1 Å². The van der Waals surface area contributed by atoms with E-state index >= 15 is 0 Å². The van der Waals surface area contributed by atoms with E-state index in [4.69, 9.17) is 4.42 Å². The topological polar surface area (TPSA) is 43.1 Å². The molecule has 3 nitrogen and oxygen atoms in total. The van der Waals surface area contributed by atoms with Gasteiger partial charge in [0.05, 0.1) is 10.9 Å². The maximum atomic E-state index is 12.1. The smallest absolute Gasteiger partial charge is 0.347 e. The third-order valence-electron chi connectivity index (χ3n) is 3.99. The summed E-state index contributed by atoms with van der Waals surface area (Å²) in [5, 5.41) is 0.502. The number of para-hydroxylation sites is 1. The van der Waals surface area contributed by atoms with Crippen molar-refractivity contribution < 1.29 is 4.42 Å². The molecule has 0 saturated heterocycles. The van der Waals surface area contributed by atoms with Gasteiger partial charge in [-0.15, -0.1) is 0 Å². The molecule has 4 aromatic rings. The van der Waals surface area contributed by atoms with E-state index in [9.17, 15) is 4.79 Å². The number of aromatic nitrogens is 1. The van der Waals surface area contributed by atoms with Crippen LogP contribution < -0.4 is 5.63 Å². The summed E-state index contributed by atoms with van der Waals surface area (Å²) >= 11 is 0. The quantitative estimate of drug-likeness (QED) is 0.561. The van der Waals surface area contributed by atoms with Crippen molar-refractivity contribution in [1.82, 2.24) is 4.98 Å². The van der Waals surface area contributed by atoms with Crippen LogP contribution >= 0.6 is 0 Å². The van der Waals surface area contributed by atoms with Crippen molar-refractivity contribution in [1.29, 1.82) is 0 Å². The van der Waals surface area contributed by atoms with Crippen LogP contribution in [0, 0.1) is 0 Å². The Labute approximate surface area is 139 Å². The highest BCUT2D eigenvalue weighted by Crippen LogP contribution is 2.20. The minimum Gasteiger partial charge on any atom is -0.403 e. The van der Waals surface area contributed by atoms with Crippen LogP contribution in [-0.2, 0) is 6.42 Å². The van der Waals surface area contributed by atoms with Gasteiger partial charge in [-0.3, -0.25) is 0 Å². The highest BCUT2D eigenvalue weighted by atomic mass is 16.4. The molecule has 0 saturated carbocycles. The first kappa shape index (κ1) is 14.4. The van der Waals surface area contributed by atoms with Crippen LogP contribution in [0.4, 0.5) is 0 Å². The fourth-order valence-corrected chi connectivity index (χ4v) is 2.74. The van der Waals surface area contributed by atoms with E-state index in [-0.39, 0.29) is 5.63 Å². The summed E-state index contributed by atoms with van der Waals surface area (Å²) in [6.07, 6.45) is 0.871. The van der Waals surface area contributed by atoms with Crippen LogP contribution in [0.15, 0.2) is 88.1 Å². The van der Waals surface area contributed by atoms with Crippen LogP contribution in [0.25, 0.3) is 22.4 Å². The highest BCUT2D eigenvalue weighted by molar-refractivity contribution is 5.78. The summed E-state index contributed by atoms with van der Waals surface area (Å²) in [6.45, 7) is 0. The highest BCUT2D eigenvalue weighted by Gasteiger charge is 2.08. The molecule has 0 fully saturated rings. The molecular formula is C21H15NO2. The maximum absolute atomic E-state index is 12.1. The second-order valence-electron chi connectivity index (χ2n) is 5.68. The summed E-state index contributed by atoms with van der Waals surface area (Å²) in [7, 11) is 0. The van der Waals surface area contributed by atoms with Crippen LogP contribution in [-0.4, -0.2) is 4.98 Å². The molecule has 4 rings (SSSR count). The minimum absolute atomic E-state index is 0.352. The normalized spacial score (nSPS) is 10.8. The van der Waals surface area contributed by atoms with E-state index in [0.29, 0.717) is 16.8 Å². The largest absolute Gasteiger partial charge is 0.403 e. The first-order valence-electron chi connectivity index (χ1n) is 7.83. The minimum atomic E-state index is -0.357. The molecule has 0 spiro atoms. The predicted octanol–water partition coefficient (Wildman–Crippen LogP) is 4.45. The van der Waals surface area contributed by atoms with E-state index in [1.54, 1.807) is 12.1 Å². The van der Waals surface area contributed by atoms with Gasteiger partial charge in [-0.25, -0.2) is 9.78 Å². The molecule has 0 N–H and O–H groups in total. The Bertz CT molecular complexity index is 1030. The standard InChI is InChI=1S/C21H15NO2/c23-21-18-8-4-5-9-19(18)22-20(24-21)17-12-10-16(11-13-17)14-15-6-2-1-3-7-15/h1-13H,14H2. The molecule has 0 aliphatic heterocycles. The van der Waals surface area contributed by atoms with Crippen LogP contribution in [0.1, 0.15) is 11.1 Å². The molecule has 0 radical (unpaired) electrons. The van der Waals surface area contributed by atoms with Gasteiger partial charge in [-0.05, 0) is 41.8 Å². The fourth-order valence-electron chi connectivity index (χ4n) is 2.74. The average Bonchev–Trinajstić information content (AvgIpc) is 2.63. The summed E-state index contributed by atoms with van der Waals surface area (Å²) in [5.41, 5.74) is 3.56. The van der Waals surface area contributed by atoms with Gasteiger partial charge in [-0.2, -0.15) is 0 Å². The van der Waals surface area contributed by atoms with E-state index in [0.717, 1.165) is 12.0 Å². The molecule has 24 heavy (non-hydrogen) atoms. The van der Waals surface area contributed by atoms with Crippen molar-refractivity contribution in [2.75, 3.05) is 0 Å². The van der Waals surface area contributed by atoms with Crippen LogP contribution in [0.2, 0.25) is 0 Å². The summed E-state index contributed by atoms with van der Waals surface area (Å²) in [4.78, 5) is 16.5. The lowest BCUT2D eigenvalue weighted by atomic mass is 10.0. The molecule has 0 amide bonds. The molecule has 116 valence electrons. The monoisotopic (exact) mass is 313 g/mol. The Morgan fingerprint density at radius 1 is 0.750 bits per heavy atom. The van der Waals surface area contributed by atoms with E-state index in [1.807, 2.05) is 54.6 Å². The van der Waals surface area contributed by atoms with Gasteiger partial charge in [-0.1, -0.05) is 54.6 Å². The molecule has 0 aliphatic carbocycles. The number of fused-ring (bicyclic) bond motifs is 1. The lowest BCUT2D eigenvalue weighted by Crippen LogP contribution is -2.02. The second kappa shape index (κ2) is 6.13. The number of benzene rings is 3. The predicted molar refractivity (Wildman–Crippen MR) is 95.0 cm³/mol. The van der Waals surface area contributed by atoms with Gasteiger partial charge in [0.2, 0.25) is 5.89 Å². The van der Waals surface area contributed by atoms with Gasteiger partial charge < -0.3 is 4.42 Å². The molecule has 1 aromatic heterocycles. The zero-order chi connectivity index (χ0) is 16.4. The first-order chi connectivity index (χ1) is 11.8. The number of hydrogen-bond donors (Lipinski definition) is 0. The van der Waals surface area contributed by atoms with Gasteiger partial charge in [0.25, 0.3) is 0 Å². The average molecular weight is 313 g/mol. The molecular weight excluding hydrogens is 298 g/mol. The molecule has 0 unspecified atom stereocenters. The molecule has 3 aromatic carbocycles. The van der Waals surface area contributed by atoms with E-state index < -0.39 is 0 Å². The van der Waals surface area contributed by atoms with Crippen molar-refractivity contribution in [3.8, 4) is 11.5 Å². The Morgan fingerprint density at radius 2 is 1.42 bits per heavy atom. The van der Waals surface area contributed by atoms with Crippen molar-refractivity contribution in [2.45, 2.75) is 6.42 Å². The Balaban J connectivity index is 1.67. The molecule has 0 aliphatic rings. The second-order valence-corrected chi connectivity index (χ2v) is 5.68. The lowest BCUT2D eigenvalue weighted by molar-refractivity contribution is 0.518. The molecule has 0 bridgehead atoms. The van der Waals surface area contributed by atoms with Crippen molar-refractivity contribution in [3.05, 3.63) is 100 Å². The zero-order valence-electron chi connectivity index (χ0n) is 13.0. The van der Waals surface area contributed by atoms with Crippen molar-refractivity contribution in [3.63, 3.8) is 0 Å². The van der Waals surface area contributed by atoms with Crippen LogP contribution in [0.3, 0.4) is 0 Å².